The summed E-state index contributed by atoms with van der Waals surface area (Å²) in [5.41, 5.74) is 8.22. The van der Waals surface area contributed by atoms with E-state index in [0.29, 0.717) is 14.5 Å². The number of hydrogen-bond donors (Lipinski definition) is 2. The van der Waals surface area contributed by atoms with Gasteiger partial charge in [0.25, 0.3) is 0 Å². The monoisotopic (exact) mass is 460 g/mol. The van der Waals surface area contributed by atoms with Crippen LogP contribution in [0, 0.1) is 0 Å². The molecule has 3 N–H and O–H groups in total. The summed E-state index contributed by atoms with van der Waals surface area (Å²) in [6.07, 6.45) is 14.6. The molecule has 31 heavy (non-hydrogen) atoms. The van der Waals surface area contributed by atoms with Crippen LogP contribution in [0.2, 0.25) is 10.0 Å². The Hall–Kier alpha value is -2.25. The molecule has 164 valence electrons. The van der Waals surface area contributed by atoms with Crippen molar-refractivity contribution >= 4 is 34.9 Å². The van der Waals surface area contributed by atoms with E-state index < -0.39 is 6.03 Å². The highest BCUT2D eigenvalue weighted by Crippen LogP contribution is 2.34. The number of allylic oxidation sites excluding steroid dienone is 4. The zero-order valence-corrected chi connectivity index (χ0v) is 18.9. The molecule has 2 amide bonds. The van der Waals surface area contributed by atoms with Crippen molar-refractivity contribution < 1.29 is 9.28 Å². The molecule has 0 radical (unpaired) electrons. The van der Waals surface area contributed by atoms with Gasteiger partial charge in [0.05, 0.1) is 22.3 Å². The molecule has 6 nitrogen and oxygen atoms in total. The van der Waals surface area contributed by atoms with Gasteiger partial charge in [-0.15, -0.1) is 0 Å². The van der Waals surface area contributed by atoms with Crippen LogP contribution in [-0.2, 0) is 0 Å². The first-order valence-electron chi connectivity index (χ1n) is 10.6. The van der Waals surface area contributed by atoms with Crippen molar-refractivity contribution in [2.45, 2.75) is 12.8 Å². The number of halogens is 2. The summed E-state index contributed by atoms with van der Waals surface area (Å²) in [6, 6.07) is 5.28. The quantitative estimate of drug-likeness (QED) is 0.473. The van der Waals surface area contributed by atoms with Crippen LogP contribution in [0.4, 0.5) is 10.5 Å². The Morgan fingerprint density at radius 2 is 1.94 bits per heavy atom. The Kier molecular flexibility index (Phi) is 6.72. The Morgan fingerprint density at radius 1 is 1.13 bits per heavy atom. The molecule has 1 fully saturated rings. The van der Waals surface area contributed by atoms with Crippen molar-refractivity contribution in [1.82, 2.24) is 10.2 Å². The number of nitrogens with zero attached hydrogens (tertiary/aromatic N) is 3. The molecular weight excluding hydrogens is 433 g/mol. The van der Waals surface area contributed by atoms with Gasteiger partial charge < -0.3 is 16.0 Å². The molecule has 3 heterocycles. The van der Waals surface area contributed by atoms with Gasteiger partial charge in [-0.3, -0.25) is 4.90 Å². The number of nitrogens with two attached hydrogens (primary N) is 1. The second-order valence-electron chi connectivity index (χ2n) is 8.11. The molecule has 1 aromatic rings. The van der Waals surface area contributed by atoms with E-state index in [1.54, 1.807) is 0 Å². The maximum absolute atomic E-state index is 11.2. The molecule has 0 aliphatic carbocycles. The SMILES string of the molecule is NC(=O)NC1=C[N+]2(CCCCN3CCN(c4cccc(Cl)c4Cl)CC3)C=CC=CC2=C1. The van der Waals surface area contributed by atoms with Crippen molar-refractivity contribution in [2.24, 2.45) is 5.73 Å². The fraction of sp³-hybridized carbons (Fsp3) is 0.348. The summed E-state index contributed by atoms with van der Waals surface area (Å²) in [5, 5.41) is 3.95. The van der Waals surface area contributed by atoms with Crippen molar-refractivity contribution in [3.8, 4) is 0 Å². The number of nitrogens with one attached hydrogen (secondary N) is 1. The van der Waals surface area contributed by atoms with Gasteiger partial charge in [0.2, 0.25) is 0 Å². The summed E-state index contributed by atoms with van der Waals surface area (Å²) in [4.78, 5) is 16.0. The minimum absolute atomic E-state index is 0.535. The van der Waals surface area contributed by atoms with Crippen molar-refractivity contribution in [3.05, 3.63) is 76.3 Å². The van der Waals surface area contributed by atoms with E-state index in [1.807, 2.05) is 30.4 Å². The molecule has 4 rings (SSSR count). The molecule has 1 unspecified atom stereocenters. The first-order chi connectivity index (χ1) is 15.0. The van der Waals surface area contributed by atoms with E-state index in [0.717, 1.165) is 69.2 Å². The van der Waals surface area contributed by atoms with Crippen LogP contribution >= 0.6 is 23.2 Å². The summed E-state index contributed by atoms with van der Waals surface area (Å²) in [6.45, 7) is 5.96. The highest BCUT2D eigenvalue weighted by Gasteiger charge is 2.34. The van der Waals surface area contributed by atoms with Gasteiger partial charge >= 0.3 is 6.03 Å². The number of carbonyl (C=O) groups is 1. The number of amides is 2. The number of quaternary nitrogens is 1. The van der Waals surface area contributed by atoms with Crippen molar-refractivity contribution in [2.75, 3.05) is 44.2 Å². The van der Waals surface area contributed by atoms with Gasteiger partial charge in [-0.25, -0.2) is 9.28 Å². The van der Waals surface area contributed by atoms with E-state index in [1.165, 1.54) is 0 Å². The molecule has 3 aliphatic rings. The van der Waals surface area contributed by atoms with Crippen LogP contribution in [0.3, 0.4) is 0 Å². The van der Waals surface area contributed by atoms with Crippen LogP contribution in [0.25, 0.3) is 0 Å². The van der Waals surface area contributed by atoms with Gasteiger partial charge in [0.15, 0.2) is 0 Å². The number of fused-ring (bicyclic) bond motifs is 1. The second kappa shape index (κ2) is 9.49. The number of primary amides is 1. The standard InChI is InChI=1S/C23H27Cl2N5O/c24-20-7-5-8-21(22(20)25)29-12-10-28(11-13-29)9-2-4-15-30-14-3-1-6-19(30)16-18(17-30)27-23(26)31/h1,3,5-8,14,16-17H,2,4,9-13,15H2,(H2-,26,27,31)/p+1. The Balaban J connectivity index is 1.25. The van der Waals surface area contributed by atoms with Crippen LogP contribution in [0.15, 0.2) is 66.3 Å². The van der Waals surface area contributed by atoms with E-state index in [2.05, 4.69) is 39.7 Å². The van der Waals surface area contributed by atoms with Gasteiger partial charge in [0, 0.05) is 38.3 Å². The topological polar surface area (TPSA) is 61.6 Å². The summed E-state index contributed by atoms with van der Waals surface area (Å²) >= 11 is 12.5. The molecule has 1 atom stereocenters. The van der Waals surface area contributed by atoms with Crippen LogP contribution in [0.1, 0.15) is 12.8 Å². The molecule has 8 heteroatoms. The molecule has 0 saturated carbocycles. The number of rotatable bonds is 7. The smallest absolute Gasteiger partial charge is 0.316 e. The van der Waals surface area contributed by atoms with Gasteiger partial charge in [-0.2, -0.15) is 0 Å². The minimum atomic E-state index is -0.535. The van der Waals surface area contributed by atoms with Crippen molar-refractivity contribution in [3.63, 3.8) is 0 Å². The number of benzene rings is 1. The number of urea groups is 1. The van der Waals surface area contributed by atoms with E-state index in [4.69, 9.17) is 28.9 Å². The largest absolute Gasteiger partial charge is 0.368 e. The van der Waals surface area contributed by atoms with E-state index in [-0.39, 0.29) is 0 Å². The van der Waals surface area contributed by atoms with Crippen LogP contribution in [-0.4, -0.2) is 54.7 Å². The predicted molar refractivity (Wildman–Crippen MR) is 127 cm³/mol. The third-order valence-corrected chi connectivity index (χ3v) is 6.86. The molecule has 0 bridgehead atoms. The second-order valence-corrected chi connectivity index (χ2v) is 8.89. The zero-order chi connectivity index (χ0) is 21.8. The summed E-state index contributed by atoms with van der Waals surface area (Å²) < 4.78 is 0.632. The van der Waals surface area contributed by atoms with E-state index in [9.17, 15) is 4.79 Å². The lowest BCUT2D eigenvalue weighted by Crippen LogP contribution is -2.46. The highest BCUT2D eigenvalue weighted by atomic mass is 35.5. The van der Waals surface area contributed by atoms with Gasteiger partial charge in [-0.05, 0) is 37.6 Å². The molecule has 1 aromatic carbocycles. The molecular formula is C23H28Cl2N5O+. The number of piperazine rings is 1. The lowest BCUT2D eigenvalue weighted by molar-refractivity contribution is -0.783. The molecule has 0 aromatic heterocycles. The first-order valence-corrected chi connectivity index (χ1v) is 11.4. The summed E-state index contributed by atoms with van der Waals surface area (Å²) in [5.74, 6) is 0. The molecule has 1 saturated heterocycles. The normalized spacial score (nSPS) is 22.8. The maximum Gasteiger partial charge on any atom is 0.316 e. The van der Waals surface area contributed by atoms with E-state index >= 15 is 0 Å². The van der Waals surface area contributed by atoms with Gasteiger partial charge in [0.1, 0.15) is 23.8 Å². The number of anilines is 1. The molecule has 3 aliphatic heterocycles. The third-order valence-electron chi connectivity index (χ3n) is 6.05. The minimum Gasteiger partial charge on any atom is -0.368 e. The highest BCUT2D eigenvalue weighted by molar-refractivity contribution is 6.43. The zero-order valence-electron chi connectivity index (χ0n) is 17.4. The molecule has 0 spiro atoms. The lowest BCUT2D eigenvalue weighted by atomic mass is 10.2. The Morgan fingerprint density at radius 3 is 2.71 bits per heavy atom. The Bertz CT molecular complexity index is 963. The predicted octanol–water partition coefficient (Wildman–Crippen LogP) is 4.20. The summed E-state index contributed by atoms with van der Waals surface area (Å²) in [7, 11) is 0. The van der Waals surface area contributed by atoms with Crippen LogP contribution < -0.4 is 16.0 Å². The fourth-order valence-electron chi connectivity index (χ4n) is 4.45. The number of unbranched alkanes of at least 4 members (excludes halogenated alkanes) is 1. The van der Waals surface area contributed by atoms with Crippen molar-refractivity contribution in [1.29, 1.82) is 0 Å². The number of hydrogen-bond acceptors (Lipinski definition) is 3. The lowest BCUT2D eigenvalue weighted by Gasteiger charge is -2.36. The van der Waals surface area contributed by atoms with Gasteiger partial charge in [-0.1, -0.05) is 35.3 Å². The first kappa shape index (κ1) is 22.0. The fourth-order valence-corrected chi connectivity index (χ4v) is 4.86. The number of carbonyl (C=O) groups excluding carboxylic acids is 1. The Labute approximate surface area is 193 Å². The third kappa shape index (κ3) is 4.99. The average molecular weight is 461 g/mol. The van der Waals surface area contributed by atoms with Crippen LogP contribution in [0.5, 0.6) is 0 Å². The average Bonchev–Trinajstić information content (AvgIpc) is 3.11. The maximum atomic E-state index is 11.2.